The lowest BCUT2D eigenvalue weighted by Crippen LogP contribution is -2.37. The highest BCUT2D eigenvalue weighted by Crippen LogP contribution is 2.32. The predicted molar refractivity (Wildman–Crippen MR) is 68.8 cm³/mol. The van der Waals surface area contributed by atoms with Gasteiger partial charge in [0.25, 0.3) is 0 Å². The molecular formula is C11H10F3NO4S2. The number of carboxylic acids is 1. The van der Waals surface area contributed by atoms with Crippen molar-refractivity contribution in [3.8, 4) is 0 Å². The first-order chi connectivity index (χ1) is 9.64. The summed E-state index contributed by atoms with van der Waals surface area (Å²) < 4.78 is 62.9. The molecule has 0 spiro atoms. The van der Waals surface area contributed by atoms with Crippen molar-refractivity contribution in [2.45, 2.75) is 17.5 Å². The number of nitrogens with zero attached hydrogens (tertiary/aromatic N) is 1. The zero-order valence-electron chi connectivity index (χ0n) is 10.4. The van der Waals surface area contributed by atoms with Crippen molar-refractivity contribution < 1.29 is 31.5 Å². The zero-order chi connectivity index (χ0) is 15.8. The molecule has 2 heterocycles. The second-order valence-electron chi connectivity index (χ2n) is 4.26. The molecule has 0 saturated heterocycles. The number of hydrogen-bond donors (Lipinski definition) is 1. The number of halogens is 3. The molecule has 0 radical (unpaired) electrons. The molecule has 0 aromatic carbocycles. The van der Waals surface area contributed by atoms with Crippen LogP contribution in [0.1, 0.15) is 16.1 Å². The van der Waals surface area contributed by atoms with E-state index in [1.807, 2.05) is 0 Å². The fourth-order valence-electron chi connectivity index (χ4n) is 1.92. The molecule has 1 aromatic heterocycles. The summed E-state index contributed by atoms with van der Waals surface area (Å²) in [5.74, 6) is -1.38. The quantitative estimate of drug-likeness (QED) is 0.856. The topological polar surface area (TPSA) is 74.7 Å². The molecule has 0 atom stereocenters. The Morgan fingerprint density at radius 3 is 2.52 bits per heavy atom. The molecule has 116 valence electrons. The lowest BCUT2D eigenvalue weighted by molar-refractivity contribution is -0.0953. The fraction of sp³-hybridized carbons (Fsp3) is 0.364. The molecule has 5 nitrogen and oxygen atoms in total. The fourth-order valence-corrected chi connectivity index (χ4v) is 4.54. The maximum Gasteiger partial charge on any atom is 0.412 e. The van der Waals surface area contributed by atoms with Gasteiger partial charge < -0.3 is 5.11 Å². The molecule has 10 heteroatoms. The smallest absolute Gasteiger partial charge is 0.412 e. The van der Waals surface area contributed by atoms with E-state index in [0.717, 1.165) is 27.8 Å². The highest BCUT2D eigenvalue weighted by molar-refractivity contribution is 7.89. The molecule has 0 bridgehead atoms. The number of hydrogen-bond acceptors (Lipinski definition) is 4. The molecule has 1 aromatic rings. The minimum atomic E-state index is -4.47. The Labute approximate surface area is 122 Å². The van der Waals surface area contributed by atoms with Gasteiger partial charge in [-0.3, -0.25) is 0 Å². The van der Waals surface area contributed by atoms with Gasteiger partial charge in [0.1, 0.15) is 9.77 Å². The summed E-state index contributed by atoms with van der Waals surface area (Å²) in [6.45, 7) is -0.755. The molecule has 1 N–H and O–H groups in total. The highest BCUT2D eigenvalue weighted by Gasteiger charge is 2.38. The van der Waals surface area contributed by atoms with E-state index < -0.39 is 40.7 Å². The average Bonchev–Trinajstić information content (AvgIpc) is 2.88. The summed E-state index contributed by atoms with van der Waals surface area (Å²) in [4.78, 5) is 10.2. The van der Waals surface area contributed by atoms with Crippen molar-refractivity contribution >= 4 is 27.3 Å². The van der Waals surface area contributed by atoms with Crippen molar-refractivity contribution in [1.29, 1.82) is 0 Å². The van der Waals surface area contributed by atoms with Gasteiger partial charge in [0.05, 0.1) is 0 Å². The van der Waals surface area contributed by atoms with Crippen LogP contribution in [-0.4, -0.2) is 43.1 Å². The van der Waals surface area contributed by atoms with Gasteiger partial charge in [-0.05, 0) is 17.9 Å². The summed E-state index contributed by atoms with van der Waals surface area (Å²) in [5.41, 5.74) is -0.766. The van der Waals surface area contributed by atoms with Crippen molar-refractivity contribution in [3.63, 3.8) is 0 Å². The summed E-state index contributed by atoms with van der Waals surface area (Å²) in [7, 11) is -4.11. The van der Waals surface area contributed by atoms with E-state index in [1.165, 1.54) is 5.38 Å². The second kappa shape index (κ2) is 5.43. The number of sulfonamides is 1. The van der Waals surface area contributed by atoms with Crippen LogP contribution in [-0.2, 0) is 10.0 Å². The third-order valence-electron chi connectivity index (χ3n) is 2.98. The van der Waals surface area contributed by atoms with Gasteiger partial charge in [-0.15, -0.1) is 11.3 Å². The van der Waals surface area contributed by atoms with Gasteiger partial charge in [0.2, 0.25) is 10.0 Å². The summed E-state index contributed by atoms with van der Waals surface area (Å²) in [5, 5.41) is 10.2. The predicted octanol–water partition coefficient (Wildman–Crippen LogP) is 2.33. The number of carboxylic acid groups (broad SMARTS) is 1. The SMILES string of the molecule is O=C(O)c1sccc1S(=O)(=O)N1CC=C(C(F)(F)F)CC1. The lowest BCUT2D eigenvalue weighted by atomic mass is 10.1. The first-order valence-corrected chi connectivity index (χ1v) is 8.03. The Hall–Kier alpha value is -1.39. The average molecular weight is 341 g/mol. The Balaban J connectivity index is 2.29. The summed E-state index contributed by atoms with van der Waals surface area (Å²) in [6, 6.07) is 1.15. The van der Waals surface area contributed by atoms with Gasteiger partial charge in [-0.1, -0.05) is 6.08 Å². The number of thiophene rings is 1. The molecule has 1 aliphatic rings. The maximum atomic E-state index is 12.5. The molecule has 0 unspecified atom stereocenters. The van der Waals surface area contributed by atoms with Crippen LogP contribution in [0.3, 0.4) is 0 Å². The van der Waals surface area contributed by atoms with Crippen LogP contribution in [0, 0.1) is 0 Å². The van der Waals surface area contributed by atoms with Gasteiger partial charge in [0.15, 0.2) is 0 Å². The largest absolute Gasteiger partial charge is 0.477 e. The minimum Gasteiger partial charge on any atom is -0.477 e. The van der Waals surface area contributed by atoms with Crippen molar-refractivity contribution in [1.82, 2.24) is 4.31 Å². The summed E-state index contributed by atoms with van der Waals surface area (Å²) in [6.07, 6.45) is -4.10. The Bertz CT molecular complexity index is 691. The van der Waals surface area contributed by atoms with Crippen LogP contribution in [0.25, 0.3) is 0 Å². The van der Waals surface area contributed by atoms with Crippen molar-refractivity contribution in [3.05, 3.63) is 28.0 Å². The molecule has 2 rings (SSSR count). The summed E-state index contributed by atoms with van der Waals surface area (Å²) >= 11 is 0.753. The van der Waals surface area contributed by atoms with Crippen LogP contribution >= 0.6 is 11.3 Å². The molecule has 0 fully saturated rings. The number of aromatic carboxylic acids is 1. The third kappa shape index (κ3) is 3.11. The molecule has 1 aliphatic heterocycles. The van der Waals surface area contributed by atoms with E-state index in [9.17, 15) is 26.4 Å². The van der Waals surface area contributed by atoms with Crippen LogP contribution < -0.4 is 0 Å². The van der Waals surface area contributed by atoms with Crippen LogP contribution in [0.5, 0.6) is 0 Å². The Kier molecular flexibility index (Phi) is 4.13. The number of alkyl halides is 3. The van der Waals surface area contributed by atoms with Crippen molar-refractivity contribution in [2.24, 2.45) is 0 Å². The van der Waals surface area contributed by atoms with E-state index in [-0.39, 0.29) is 16.3 Å². The van der Waals surface area contributed by atoms with Crippen LogP contribution in [0.15, 0.2) is 28.0 Å². The van der Waals surface area contributed by atoms with Crippen molar-refractivity contribution in [2.75, 3.05) is 13.1 Å². The molecule has 0 amide bonds. The lowest BCUT2D eigenvalue weighted by Gasteiger charge is -2.26. The standard InChI is InChI=1S/C11H10F3NO4S2/c12-11(13,14)7-1-4-15(5-2-7)21(18,19)8-3-6-20-9(8)10(16)17/h1,3,6H,2,4-5H2,(H,16,17). The minimum absolute atomic E-state index is 0.331. The third-order valence-corrected chi connectivity index (χ3v) is 5.92. The first kappa shape index (κ1) is 16.0. The second-order valence-corrected chi connectivity index (χ2v) is 7.08. The van der Waals surface area contributed by atoms with E-state index >= 15 is 0 Å². The molecular weight excluding hydrogens is 331 g/mol. The van der Waals surface area contributed by atoms with Gasteiger partial charge in [0, 0.05) is 18.7 Å². The highest BCUT2D eigenvalue weighted by atomic mass is 32.2. The van der Waals surface area contributed by atoms with Gasteiger partial charge >= 0.3 is 12.1 Å². The van der Waals surface area contributed by atoms with E-state index in [1.54, 1.807) is 0 Å². The van der Waals surface area contributed by atoms with Crippen LogP contribution in [0.4, 0.5) is 13.2 Å². The van der Waals surface area contributed by atoms with E-state index in [2.05, 4.69) is 0 Å². The maximum absolute atomic E-state index is 12.5. The first-order valence-electron chi connectivity index (χ1n) is 5.71. The Morgan fingerprint density at radius 2 is 2.05 bits per heavy atom. The normalized spacial score (nSPS) is 17.6. The zero-order valence-corrected chi connectivity index (χ0v) is 12.1. The number of carbonyl (C=O) groups is 1. The van der Waals surface area contributed by atoms with E-state index in [4.69, 9.17) is 5.11 Å². The van der Waals surface area contributed by atoms with Gasteiger partial charge in [-0.2, -0.15) is 17.5 Å². The van der Waals surface area contributed by atoms with Gasteiger partial charge in [-0.25, -0.2) is 13.2 Å². The van der Waals surface area contributed by atoms with E-state index in [0.29, 0.717) is 0 Å². The molecule has 21 heavy (non-hydrogen) atoms. The van der Waals surface area contributed by atoms with Crippen LogP contribution in [0.2, 0.25) is 0 Å². The Morgan fingerprint density at radius 1 is 1.38 bits per heavy atom. The molecule has 0 saturated carbocycles. The molecule has 0 aliphatic carbocycles. The number of rotatable bonds is 3. The monoisotopic (exact) mass is 341 g/mol.